The van der Waals surface area contributed by atoms with E-state index in [1.165, 1.54) is 0 Å². The number of carbonyl (C=O) groups excluding carboxylic acids is 1. The van der Waals surface area contributed by atoms with Crippen LogP contribution in [0.25, 0.3) is 0 Å². The molecule has 6 heteroatoms. The van der Waals surface area contributed by atoms with Gasteiger partial charge < -0.3 is 24.8 Å². The molecule has 0 spiro atoms. The third-order valence-corrected chi connectivity index (χ3v) is 2.88. The van der Waals surface area contributed by atoms with Gasteiger partial charge in [0.25, 0.3) is 0 Å². The van der Waals surface area contributed by atoms with Gasteiger partial charge in [0.1, 0.15) is 11.4 Å². The summed E-state index contributed by atoms with van der Waals surface area (Å²) in [6.45, 7) is 5.90. The summed E-state index contributed by atoms with van der Waals surface area (Å²) in [5.41, 5.74) is 0.409. The number of nitrogens with zero attached hydrogens (tertiary/aromatic N) is 1. The lowest BCUT2D eigenvalue weighted by atomic mass is 10.2. The van der Waals surface area contributed by atoms with Crippen molar-refractivity contribution in [1.29, 1.82) is 0 Å². The molecule has 0 heterocycles. The van der Waals surface area contributed by atoms with Crippen LogP contribution in [0.3, 0.4) is 0 Å². The summed E-state index contributed by atoms with van der Waals surface area (Å²) in [5, 5.41) is 12.5. The van der Waals surface area contributed by atoms with E-state index in [2.05, 4.69) is 5.32 Å². The summed E-state index contributed by atoms with van der Waals surface area (Å²) in [7, 11) is 3.49. The number of likely N-dealkylation sites (N-methyl/N-ethyl adjacent to an activating group) is 1. The highest BCUT2D eigenvalue weighted by Gasteiger charge is 2.17. The van der Waals surface area contributed by atoms with Crippen molar-refractivity contribution in [3.05, 3.63) is 24.3 Å². The zero-order chi connectivity index (χ0) is 16.8. The highest BCUT2D eigenvalue weighted by atomic mass is 16.6. The van der Waals surface area contributed by atoms with E-state index < -0.39 is 17.8 Å². The van der Waals surface area contributed by atoms with Crippen LogP contribution in [-0.2, 0) is 4.74 Å². The second kappa shape index (κ2) is 7.89. The molecule has 1 aromatic carbocycles. The molecule has 1 unspecified atom stereocenters. The van der Waals surface area contributed by atoms with Crippen LogP contribution >= 0.6 is 0 Å². The molecule has 1 aromatic rings. The number of methoxy groups -OCH3 is 1. The molecule has 1 atom stereocenters. The molecular formula is C16H26N2O4. The van der Waals surface area contributed by atoms with Gasteiger partial charge in [-0.15, -0.1) is 0 Å². The smallest absolute Gasteiger partial charge is 0.407 e. The largest absolute Gasteiger partial charge is 0.497 e. The quantitative estimate of drug-likeness (QED) is 0.841. The van der Waals surface area contributed by atoms with Crippen LogP contribution < -0.4 is 15.0 Å². The van der Waals surface area contributed by atoms with Crippen LogP contribution in [0.1, 0.15) is 20.8 Å². The average Bonchev–Trinajstić information content (AvgIpc) is 2.43. The van der Waals surface area contributed by atoms with E-state index in [0.717, 1.165) is 11.4 Å². The second-order valence-electron chi connectivity index (χ2n) is 6.12. The zero-order valence-corrected chi connectivity index (χ0v) is 13.9. The van der Waals surface area contributed by atoms with Crippen LogP contribution in [0.15, 0.2) is 24.3 Å². The monoisotopic (exact) mass is 310 g/mol. The summed E-state index contributed by atoms with van der Waals surface area (Å²) in [5.74, 6) is 0.782. The predicted octanol–water partition coefficient (Wildman–Crippen LogP) is 2.02. The second-order valence-corrected chi connectivity index (χ2v) is 6.12. The minimum absolute atomic E-state index is 0.134. The first-order valence-corrected chi connectivity index (χ1v) is 7.21. The number of hydrogen-bond acceptors (Lipinski definition) is 5. The van der Waals surface area contributed by atoms with Crippen molar-refractivity contribution in [2.45, 2.75) is 32.5 Å². The summed E-state index contributed by atoms with van der Waals surface area (Å²) in [4.78, 5) is 13.4. The Bertz CT molecular complexity index is 468. The van der Waals surface area contributed by atoms with E-state index in [1.807, 2.05) is 36.2 Å². The number of alkyl carbamates (subject to hydrolysis) is 1. The van der Waals surface area contributed by atoms with Crippen LogP contribution in [-0.4, -0.2) is 50.2 Å². The maximum absolute atomic E-state index is 11.5. The molecular weight excluding hydrogens is 284 g/mol. The van der Waals surface area contributed by atoms with Gasteiger partial charge in [-0.05, 0) is 45.0 Å². The Morgan fingerprint density at radius 3 is 2.41 bits per heavy atom. The Hall–Kier alpha value is -1.95. The molecule has 6 nitrogen and oxygen atoms in total. The SMILES string of the molecule is COc1ccc(N(C)CC(O)CNC(=O)OC(C)(C)C)cc1. The van der Waals surface area contributed by atoms with E-state index in [-0.39, 0.29) is 6.54 Å². The molecule has 0 aromatic heterocycles. The molecule has 1 rings (SSSR count). The van der Waals surface area contributed by atoms with Gasteiger partial charge in [0.15, 0.2) is 0 Å². The number of amides is 1. The number of hydrogen-bond donors (Lipinski definition) is 2. The molecule has 0 aliphatic heterocycles. The number of ether oxygens (including phenoxy) is 2. The number of nitrogens with one attached hydrogen (secondary N) is 1. The third kappa shape index (κ3) is 6.67. The lowest BCUT2D eigenvalue weighted by molar-refractivity contribution is 0.0494. The van der Waals surface area contributed by atoms with Gasteiger partial charge in [0.2, 0.25) is 0 Å². The lowest BCUT2D eigenvalue weighted by Crippen LogP contribution is -2.41. The van der Waals surface area contributed by atoms with E-state index in [1.54, 1.807) is 27.9 Å². The molecule has 0 saturated carbocycles. The number of benzene rings is 1. The van der Waals surface area contributed by atoms with Crippen molar-refractivity contribution < 1.29 is 19.4 Å². The number of carbonyl (C=O) groups is 1. The van der Waals surface area contributed by atoms with Gasteiger partial charge in [-0.3, -0.25) is 0 Å². The Morgan fingerprint density at radius 2 is 1.91 bits per heavy atom. The van der Waals surface area contributed by atoms with Gasteiger partial charge in [-0.2, -0.15) is 0 Å². The summed E-state index contributed by atoms with van der Waals surface area (Å²) >= 11 is 0. The molecule has 0 saturated heterocycles. The van der Waals surface area contributed by atoms with Crippen molar-refractivity contribution in [3.8, 4) is 5.75 Å². The standard InChI is InChI=1S/C16H26N2O4/c1-16(2,3)22-15(20)17-10-13(19)11-18(4)12-6-8-14(21-5)9-7-12/h6-9,13,19H,10-11H2,1-5H3,(H,17,20). The number of aliphatic hydroxyl groups excluding tert-OH is 1. The van der Waals surface area contributed by atoms with Gasteiger partial charge in [-0.1, -0.05) is 0 Å². The van der Waals surface area contributed by atoms with Crippen molar-refractivity contribution in [2.24, 2.45) is 0 Å². The summed E-state index contributed by atoms with van der Waals surface area (Å²) in [6, 6.07) is 7.54. The number of rotatable bonds is 6. The minimum Gasteiger partial charge on any atom is -0.497 e. The van der Waals surface area contributed by atoms with Crippen LogP contribution in [0, 0.1) is 0 Å². The Morgan fingerprint density at radius 1 is 1.32 bits per heavy atom. The zero-order valence-electron chi connectivity index (χ0n) is 13.9. The Kier molecular flexibility index (Phi) is 6.49. The van der Waals surface area contributed by atoms with Crippen molar-refractivity contribution in [1.82, 2.24) is 5.32 Å². The molecule has 0 aliphatic carbocycles. The highest BCUT2D eigenvalue weighted by molar-refractivity contribution is 5.67. The van der Waals surface area contributed by atoms with Gasteiger partial charge in [0, 0.05) is 25.8 Å². The maximum Gasteiger partial charge on any atom is 0.407 e. The van der Waals surface area contributed by atoms with Crippen LogP contribution in [0.5, 0.6) is 5.75 Å². The van der Waals surface area contributed by atoms with Crippen LogP contribution in [0.2, 0.25) is 0 Å². The normalized spacial score (nSPS) is 12.5. The molecule has 22 heavy (non-hydrogen) atoms. The minimum atomic E-state index is -0.695. The van der Waals surface area contributed by atoms with Crippen molar-refractivity contribution in [3.63, 3.8) is 0 Å². The first-order chi connectivity index (χ1) is 10.2. The molecule has 0 fully saturated rings. The molecule has 1 amide bonds. The Balaban J connectivity index is 2.40. The fraction of sp³-hybridized carbons (Fsp3) is 0.562. The van der Waals surface area contributed by atoms with Crippen molar-refractivity contribution in [2.75, 3.05) is 32.1 Å². The molecule has 0 radical (unpaired) electrons. The third-order valence-electron chi connectivity index (χ3n) is 2.88. The van der Waals surface area contributed by atoms with Gasteiger partial charge in [0.05, 0.1) is 13.2 Å². The predicted molar refractivity (Wildman–Crippen MR) is 86.5 cm³/mol. The molecule has 2 N–H and O–H groups in total. The fourth-order valence-electron chi connectivity index (χ4n) is 1.84. The van der Waals surface area contributed by atoms with E-state index in [0.29, 0.717) is 6.54 Å². The van der Waals surface area contributed by atoms with Crippen molar-refractivity contribution >= 4 is 11.8 Å². The first-order valence-electron chi connectivity index (χ1n) is 7.21. The fourth-order valence-corrected chi connectivity index (χ4v) is 1.84. The number of anilines is 1. The highest BCUT2D eigenvalue weighted by Crippen LogP contribution is 2.18. The first kappa shape index (κ1) is 18.1. The molecule has 0 bridgehead atoms. The van der Waals surface area contributed by atoms with Gasteiger partial charge >= 0.3 is 6.09 Å². The summed E-state index contributed by atoms with van der Waals surface area (Å²) < 4.78 is 10.2. The lowest BCUT2D eigenvalue weighted by Gasteiger charge is -2.24. The van der Waals surface area contributed by atoms with Crippen LogP contribution in [0.4, 0.5) is 10.5 Å². The Labute approximate surface area is 132 Å². The average molecular weight is 310 g/mol. The van der Waals surface area contributed by atoms with E-state index >= 15 is 0 Å². The molecule has 0 aliphatic rings. The summed E-state index contributed by atoms with van der Waals surface area (Å²) in [6.07, 6.45) is -1.22. The van der Waals surface area contributed by atoms with E-state index in [4.69, 9.17) is 9.47 Å². The van der Waals surface area contributed by atoms with E-state index in [9.17, 15) is 9.90 Å². The number of aliphatic hydroxyl groups is 1. The van der Waals surface area contributed by atoms with Gasteiger partial charge in [-0.25, -0.2) is 4.79 Å². The maximum atomic E-state index is 11.5. The topological polar surface area (TPSA) is 71.0 Å². The molecule has 124 valence electrons.